The van der Waals surface area contributed by atoms with E-state index in [1.54, 1.807) is 0 Å². The van der Waals surface area contributed by atoms with E-state index in [4.69, 9.17) is 9.84 Å². The van der Waals surface area contributed by atoms with Crippen molar-refractivity contribution < 1.29 is 9.84 Å². The molecular weight excluding hydrogens is 324 g/mol. The lowest BCUT2D eigenvalue weighted by molar-refractivity contribution is -0.0243. The summed E-state index contributed by atoms with van der Waals surface area (Å²) in [5, 5.41) is 9.11. The molecule has 1 fully saturated rings. The van der Waals surface area contributed by atoms with Crippen molar-refractivity contribution in [3.05, 3.63) is 59.7 Å². The standard InChI is InChI=1S/C22H28N2O2/c25-14-5-12-23-13-15-26-20(16-23)17-24-21-8-3-1-6-18(21)10-11-19-7-2-4-9-22(19)24/h1-4,6-9,20,25H,5,10-17H2. The van der Waals surface area contributed by atoms with E-state index in [-0.39, 0.29) is 12.7 Å². The molecule has 2 aliphatic heterocycles. The van der Waals surface area contributed by atoms with Crippen LogP contribution in [0, 0.1) is 0 Å². The summed E-state index contributed by atoms with van der Waals surface area (Å²) < 4.78 is 6.12. The largest absolute Gasteiger partial charge is 0.396 e. The second-order valence-corrected chi connectivity index (χ2v) is 7.24. The maximum absolute atomic E-state index is 9.11. The summed E-state index contributed by atoms with van der Waals surface area (Å²) in [5.74, 6) is 0. The molecule has 1 atom stereocenters. The fourth-order valence-electron chi connectivity index (χ4n) is 4.16. The molecule has 1 unspecified atom stereocenters. The Morgan fingerprint density at radius 3 is 2.27 bits per heavy atom. The quantitative estimate of drug-likeness (QED) is 0.897. The van der Waals surface area contributed by atoms with Gasteiger partial charge in [0.2, 0.25) is 0 Å². The number of rotatable bonds is 5. The molecule has 0 radical (unpaired) electrons. The summed E-state index contributed by atoms with van der Waals surface area (Å²) in [6.45, 7) is 4.74. The highest BCUT2D eigenvalue weighted by molar-refractivity contribution is 5.71. The molecule has 1 saturated heterocycles. The van der Waals surface area contributed by atoms with Crippen LogP contribution in [0.3, 0.4) is 0 Å². The molecule has 0 saturated carbocycles. The molecule has 26 heavy (non-hydrogen) atoms. The number of nitrogens with zero attached hydrogens (tertiary/aromatic N) is 2. The molecule has 0 aliphatic carbocycles. The number of anilines is 2. The Labute approximate surface area is 156 Å². The highest BCUT2D eigenvalue weighted by Gasteiger charge is 2.26. The zero-order chi connectivity index (χ0) is 17.8. The van der Waals surface area contributed by atoms with E-state index in [0.29, 0.717) is 0 Å². The average Bonchev–Trinajstić information content (AvgIpc) is 2.85. The summed E-state index contributed by atoms with van der Waals surface area (Å²) in [7, 11) is 0. The van der Waals surface area contributed by atoms with E-state index in [1.807, 2.05) is 0 Å². The van der Waals surface area contributed by atoms with E-state index >= 15 is 0 Å². The molecule has 0 bridgehead atoms. The van der Waals surface area contributed by atoms with Crippen LogP contribution in [0.4, 0.5) is 11.4 Å². The summed E-state index contributed by atoms with van der Waals surface area (Å²) >= 11 is 0. The third kappa shape index (κ3) is 3.78. The number of aliphatic hydroxyl groups is 1. The van der Waals surface area contributed by atoms with Crippen molar-refractivity contribution in [2.45, 2.75) is 25.4 Å². The van der Waals surface area contributed by atoms with Crippen molar-refractivity contribution in [2.24, 2.45) is 0 Å². The van der Waals surface area contributed by atoms with E-state index in [9.17, 15) is 0 Å². The molecular formula is C22H28N2O2. The second-order valence-electron chi connectivity index (χ2n) is 7.24. The number of ether oxygens (including phenoxy) is 1. The van der Waals surface area contributed by atoms with Gasteiger partial charge in [-0.2, -0.15) is 0 Å². The number of fused-ring (bicyclic) bond motifs is 2. The SMILES string of the molecule is OCCCN1CCOC(CN2c3ccccc3CCc3ccccc32)C1. The van der Waals surface area contributed by atoms with E-state index in [2.05, 4.69) is 58.3 Å². The van der Waals surface area contributed by atoms with Crippen LogP contribution < -0.4 is 4.90 Å². The number of hydrogen-bond acceptors (Lipinski definition) is 4. The number of aryl methyl sites for hydroxylation is 2. The Morgan fingerprint density at radius 1 is 0.962 bits per heavy atom. The minimum atomic E-state index is 0.182. The highest BCUT2D eigenvalue weighted by Crippen LogP contribution is 2.36. The Morgan fingerprint density at radius 2 is 1.62 bits per heavy atom. The zero-order valence-corrected chi connectivity index (χ0v) is 15.3. The molecule has 2 aromatic rings. The van der Waals surface area contributed by atoms with Gasteiger partial charge in [0.05, 0.1) is 19.3 Å². The minimum absolute atomic E-state index is 0.182. The summed E-state index contributed by atoms with van der Waals surface area (Å²) in [5.41, 5.74) is 5.45. The first-order valence-electron chi connectivity index (χ1n) is 9.73. The van der Waals surface area contributed by atoms with Gasteiger partial charge in [0, 0.05) is 37.6 Å². The third-order valence-corrected chi connectivity index (χ3v) is 5.47. The third-order valence-electron chi connectivity index (χ3n) is 5.47. The Bertz CT molecular complexity index is 686. The molecule has 0 spiro atoms. The molecule has 0 aromatic heterocycles. The van der Waals surface area contributed by atoms with Crippen LogP contribution >= 0.6 is 0 Å². The van der Waals surface area contributed by atoms with Crippen molar-refractivity contribution >= 4 is 11.4 Å². The first-order valence-corrected chi connectivity index (χ1v) is 9.73. The lowest BCUT2D eigenvalue weighted by Crippen LogP contribution is -2.47. The summed E-state index contributed by atoms with van der Waals surface area (Å²) in [6, 6.07) is 17.5. The highest BCUT2D eigenvalue weighted by atomic mass is 16.5. The van der Waals surface area contributed by atoms with Gasteiger partial charge in [-0.1, -0.05) is 36.4 Å². The van der Waals surface area contributed by atoms with Crippen molar-refractivity contribution in [2.75, 3.05) is 44.3 Å². The van der Waals surface area contributed by atoms with Gasteiger partial charge in [-0.15, -0.1) is 0 Å². The van der Waals surface area contributed by atoms with Crippen LogP contribution in [-0.4, -0.2) is 55.5 Å². The zero-order valence-electron chi connectivity index (χ0n) is 15.3. The molecule has 4 heteroatoms. The Hall–Kier alpha value is -1.88. The van der Waals surface area contributed by atoms with Crippen LogP contribution in [0.2, 0.25) is 0 Å². The van der Waals surface area contributed by atoms with Gasteiger partial charge < -0.3 is 14.7 Å². The molecule has 2 heterocycles. The smallest absolute Gasteiger partial charge is 0.0881 e. The number of hydrogen-bond donors (Lipinski definition) is 1. The molecule has 2 aliphatic rings. The van der Waals surface area contributed by atoms with Gasteiger partial charge in [0.15, 0.2) is 0 Å². The van der Waals surface area contributed by atoms with Crippen LogP contribution in [-0.2, 0) is 17.6 Å². The molecule has 1 N–H and O–H groups in total. The number of aliphatic hydroxyl groups excluding tert-OH is 1. The maximum Gasteiger partial charge on any atom is 0.0881 e. The van der Waals surface area contributed by atoms with Crippen molar-refractivity contribution in [3.8, 4) is 0 Å². The lowest BCUT2D eigenvalue weighted by Gasteiger charge is -2.37. The first kappa shape index (κ1) is 17.5. The monoisotopic (exact) mass is 352 g/mol. The van der Waals surface area contributed by atoms with Gasteiger partial charge in [-0.05, 0) is 42.5 Å². The van der Waals surface area contributed by atoms with Gasteiger partial charge in [-0.3, -0.25) is 4.90 Å². The molecule has 0 amide bonds. The van der Waals surface area contributed by atoms with Crippen LogP contribution in [0.15, 0.2) is 48.5 Å². The minimum Gasteiger partial charge on any atom is -0.396 e. The van der Waals surface area contributed by atoms with Gasteiger partial charge in [-0.25, -0.2) is 0 Å². The Balaban J connectivity index is 1.59. The van der Waals surface area contributed by atoms with Crippen LogP contribution in [0.25, 0.3) is 0 Å². The molecule has 2 aromatic carbocycles. The normalized spacial score (nSPS) is 20.3. The summed E-state index contributed by atoms with van der Waals surface area (Å²) in [6.07, 6.45) is 3.18. The fourth-order valence-corrected chi connectivity index (χ4v) is 4.16. The van der Waals surface area contributed by atoms with Crippen LogP contribution in [0.5, 0.6) is 0 Å². The number of benzene rings is 2. The van der Waals surface area contributed by atoms with Gasteiger partial charge in [0.1, 0.15) is 0 Å². The predicted octanol–water partition coefficient (Wildman–Crippen LogP) is 3.01. The predicted molar refractivity (Wildman–Crippen MR) is 105 cm³/mol. The van der Waals surface area contributed by atoms with Crippen molar-refractivity contribution in [1.82, 2.24) is 4.90 Å². The molecule has 138 valence electrons. The van der Waals surface area contributed by atoms with E-state index < -0.39 is 0 Å². The maximum atomic E-state index is 9.11. The Kier molecular flexibility index (Phi) is 5.54. The molecule has 4 nitrogen and oxygen atoms in total. The topological polar surface area (TPSA) is 35.9 Å². The molecule has 4 rings (SSSR count). The van der Waals surface area contributed by atoms with Crippen molar-refractivity contribution in [1.29, 1.82) is 0 Å². The first-order chi connectivity index (χ1) is 12.8. The van der Waals surface area contributed by atoms with E-state index in [0.717, 1.165) is 52.0 Å². The van der Waals surface area contributed by atoms with Gasteiger partial charge >= 0.3 is 0 Å². The number of para-hydroxylation sites is 2. The van der Waals surface area contributed by atoms with Crippen LogP contribution in [0.1, 0.15) is 17.5 Å². The van der Waals surface area contributed by atoms with Gasteiger partial charge in [0.25, 0.3) is 0 Å². The second kappa shape index (κ2) is 8.21. The average molecular weight is 352 g/mol. The fraction of sp³-hybridized carbons (Fsp3) is 0.455. The van der Waals surface area contributed by atoms with Crippen molar-refractivity contribution in [3.63, 3.8) is 0 Å². The lowest BCUT2D eigenvalue weighted by atomic mass is 10.0. The summed E-state index contributed by atoms with van der Waals surface area (Å²) in [4.78, 5) is 4.87. The van der Waals surface area contributed by atoms with E-state index in [1.165, 1.54) is 22.5 Å². The number of morpholine rings is 1.